The average molecular weight is 291 g/mol. The summed E-state index contributed by atoms with van der Waals surface area (Å²) in [7, 11) is 1.36. The van der Waals surface area contributed by atoms with E-state index in [1.807, 2.05) is 12.1 Å². The quantitative estimate of drug-likeness (QED) is 0.682. The van der Waals surface area contributed by atoms with Gasteiger partial charge in [-0.2, -0.15) is 0 Å². The summed E-state index contributed by atoms with van der Waals surface area (Å²) in [6.07, 6.45) is 3.70. The number of rotatable bonds is 4. The lowest BCUT2D eigenvalue weighted by Gasteiger charge is -2.31. The van der Waals surface area contributed by atoms with Crippen LogP contribution in [0.25, 0.3) is 0 Å². The highest BCUT2D eigenvalue weighted by molar-refractivity contribution is 5.96. The molecule has 0 aromatic heterocycles. The molecule has 0 bridgehead atoms. The van der Waals surface area contributed by atoms with Gasteiger partial charge in [0.2, 0.25) is 0 Å². The lowest BCUT2D eigenvalue weighted by atomic mass is 9.82. The zero-order valence-electron chi connectivity index (χ0n) is 13.1. The molecule has 116 valence electrons. The van der Waals surface area contributed by atoms with Crippen LogP contribution in [0.3, 0.4) is 0 Å². The zero-order valence-corrected chi connectivity index (χ0v) is 13.1. The first-order valence-corrected chi connectivity index (χ1v) is 7.58. The first-order chi connectivity index (χ1) is 10.0. The molecule has 4 nitrogen and oxygen atoms in total. The predicted molar refractivity (Wildman–Crippen MR) is 82.9 cm³/mol. The average Bonchev–Trinajstić information content (AvgIpc) is 2.43. The molecule has 1 aliphatic rings. The number of benzene rings is 1. The first kappa shape index (κ1) is 15.8. The third kappa shape index (κ3) is 3.97. The maximum Gasteiger partial charge on any atom is 0.340 e. The number of anilines is 1. The molecule has 0 heterocycles. The van der Waals surface area contributed by atoms with Gasteiger partial charge in [0.1, 0.15) is 0 Å². The number of carbonyl (C=O) groups excluding carboxylic acids is 1. The molecule has 1 aromatic carbocycles. The Morgan fingerprint density at radius 2 is 1.90 bits per heavy atom. The van der Waals surface area contributed by atoms with Crippen LogP contribution in [0.2, 0.25) is 0 Å². The fraction of sp³-hybridized carbons (Fsp3) is 0.588. The Balaban J connectivity index is 2.06. The first-order valence-electron chi connectivity index (χ1n) is 7.58. The Morgan fingerprint density at radius 1 is 1.24 bits per heavy atom. The van der Waals surface area contributed by atoms with Crippen molar-refractivity contribution >= 4 is 11.7 Å². The van der Waals surface area contributed by atoms with E-state index in [2.05, 4.69) is 13.8 Å². The van der Waals surface area contributed by atoms with Crippen LogP contribution in [0.1, 0.15) is 49.0 Å². The maximum atomic E-state index is 11.9. The number of methoxy groups -OCH3 is 1. The molecule has 21 heavy (non-hydrogen) atoms. The standard InChI is InChI=1S/C17H25NO3/c1-11-7-12(2)9-14(8-11)21-10-13-5-4-6-15(18)16(13)17(19)20-3/h4-6,11-12,14H,7-10,18H2,1-3H3. The van der Waals surface area contributed by atoms with Crippen LogP contribution in [-0.4, -0.2) is 19.2 Å². The number of esters is 1. The van der Waals surface area contributed by atoms with Crippen LogP contribution in [-0.2, 0) is 16.1 Å². The molecule has 2 rings (SSSR count). The Kier molecular flexibility index (Phi) is 5.23. The van der Waals surface area contributed by atoms with Crippen molar-refractivity contribution in [3.63, 3.8) is 0 Å². The van der Waals surface area contributed by atoms with Crippen molar-refractivity contribution in [2.75, 3.05) is 12.8 Å². The van der Waals surface area contributed by atoms with Crippen molar-refractivity contribution in [2.45, 2.75) is 45.8 Å². The summed E-state index contributed by atoms with van der Waals surface area (Å²) in [4.78, 5) is 11.9. The predicted octanol–water partition coefficient (Wildman–Crippen LogP) is 3.40. The van der Waals surface area contributed by atoms with Gasteiger partial charge >= 0.3 is 5.97 Å². The van der Waals surface area contributed by atoms with Crippen molar-refractivity contribution in [1.82, 2.24) is 0 Å². The van der Waals surface area contributed by atoms with Crippen LogP contribution in [0, 0.1) is 11.8 Å². The van der Waals surface area contributed by atoms with Crippen LogP contribution in [0.5, 0.6) is 0 Å². The van der Waals surface area contributed by atoms with Crippen LogP contribution in [0.15, 0.2) is 18.2 Å². The Morgan fingerprint density at radius 3 is 2.52 bits per heavy atom. The lowest BCUT2D eigenvalue weighted by Crippen LogP contribution is -2.26. The molecule has 1 aromatic rings. The second-order valence-electron chi connectivity index (χ2n) is 6.22. The second-order valence-corrected chi connectivity index (χ2v) is 6.22. The summed E-state index contributed by atoms with van der Waals surface area (Å²) < 4.78 is 10.8. The van der Waals surface area contributed by atoms with Gasteiger partial charge < -0.3 is 15.2 Å². The van der Waals surface area contributed by atoms with Crippen molar-refractivity contribution in [2.24, 2.45) is 11.8 Å². The Labute approximate surface area is 126 Å². The van der Waals surface area contributed by atoms with Crippen molar-refractivity contribution < 1.29 is 14.3 Å². The molecule has 1 saturated carbocycles. The third-order valence-electron chi connectivity index (χ3n) is 4.18. The fourth-order valence-corrected chi connectivity index (χ4v) is 3.31. The molecule has 0 amide bonds. The minimum Gasteiger partial charge on any atom is -0.465 e. The van der Waals surface area contributed by atoms with Gasteiger partial charge in [0.15, 0.2) is 0 Å². The zero-order chi connectivity index (χ0) is 15.4. The highest BCUT2D eigenvalue weighted by Gasteiger charge is 2.25. The number of carbonyl (C=O) groups is 1. The summed E-state index contributed by atoms with van der Waals surface area (Å²) in [6, 6.07) is 5.42. The molecule has 0 spiro atoms. The molecular weight excluding hydrogens is 266 g/mol. The number of hydrogen-bond donors (Lipinski definition) is 1. The van der Waals surface area contributed by atoms with Gasteiger partial charge in [0, 0.05) is 5.69 Å². The molecular formula is C17H25NO3. The van der Waals surface area contributed by atoms with Gasteiger partial charge in [-0.15, -0.1) is 0 Å². The van der Waals surface area contributed by atoms with Crippen LogP contribution >= 0.6 is 0 Å². The normalized spacial score (nSPS) is 25.6. The molecule has 2 N–H and O–H groups in total. The molecule has 0 saturated heterocycles. The molecule has 2 atom stereocenters. The second kappa shape index (κ2) is 6.94. The third-order valence-corrected chi connectivity index (χ3v) is 4.18. The van der Waals surface area contributed by atoms with E-state index in [9.17, 15) is 4.79 Å². The van der Waals surface area contributed by atoms with E-state index >= 15 is 0 Å². The highest BCUT2D eigenvalue weighted by Crippen LogP contribution is 2.31. The monoisotopic (exact) mass is 291 g/mol. The van der Waals surface area contributed by atoms with Gasteiger partial charge in [-0.25, -0.2) is 4.79 Å². The van der Waals surface area contributed by atoms with Gasteiger partial charge in [-0.1, -0.05) is 26.0 Å². The van der Waals surface area contributed by atoms with Gasteiger partial charge in [-0.05, 0) is 42.7 Å². The number of ether oxygens (including phenoxy) is 2. The van der Waals surface area contributed by atoms with E-state index < -0.39 is 5.97 Å². The van der Waals surface area contributed by atoms with Gasteiger partial charge in [-0.3, -0.25) is 0 Å². The van der Waals surface area contributed by atoms with Crippen molar-refractivity contribution in [1.29, 1.82) is 0 Å². The van der Waals surface area contributed by atoms with Gasteiger partial charge in [0.05, 0.1) is 25.4 Å². The van der Waals surface area contributed by atoms with E-state index in [4.69, 9.17) is 15.2 Å². The van der Waals surface area contributed by atoms with E-state index in [0.717, 1.165) is 18.4 Å². The van der Waals surface area contributed by atoms with Crippen molar-refractivity contribution in [3.05, 3.63) is 29.3 Å². The van der Waals surface area contributed by atoms with Crippen LogP contribution < -0.4 is 5.73 Å². The molecule has 0 aliphatic heterocycles. The topological polar surface area (TPSA) is 61.5 Å². The summed E-state index contributed by atoms with van der Waals surface area (Å²) >= 11 is 0. The summed E-state index contributed by atoms with van der Waals surface area (Å²) in [5.74, 6) is 0.983. The van der Waals surface area contributed by atoms with Crippen molar-refractivity contribution in [3.8, 4) is 0 Å². The molecule has 1 fully saturated rings. The lowest BCUT2D eigenvalue weighted by molar-refractivity contribution is -0.00961. The van der Waals surface area contributed by atoms with E-state index in [0.29, 0.717) is 29.7 Å². The smallest absolute Gasteiger partial charge is 0.340 e. The van der Waals surface area contributed by atoms with E-state index in [-0.39, 0.29) is 6.10 Å². The van der Waals surface area contributed by atoms with Gasteiger partial charge in [0.25, 0.3) is 0 Å². The van der Waals surface area contributed by atoms with E-state index in [1.54, 1.807) is 6.07 Å². The molecule has 1 aliphatic carbocycles. The largest absolute Gasteiger partial charge is 0.465 e. The van der Waals surface area contributed by atoms with Crippen LogP contribution in [0.4, 0.5) is 5.69 Å². The molecule has 4 heteroatoms. The summed E-state index contributed by atoms with van der Waals surface area (Å²) in [5, 5.41) is 0. The van der Waals surface area contributed by atoms with E-state index in [1.165, 1.54) is 13.5 Å². The summed E-state index contributed by atoms with van der Waals surface area (Å²) in [5.41, 5.74) is 7.56. The minimum atomic E-state index is -0.405. The fourth-order valence-electron chi connectivity index (χ4n) is 3.31. The minimum absolute atomic E-state index is 0.260. The number of hydrogen-bond acceptors (Lipinski definition) is 4. The number of nitrogen functional groups attached to an aromatic ring is 1. The molecule has 0 radical (unpaired) electrons. The maximum absolute atomic E-state index is 11.9. The summed E-state index contributed by atoms with van der Waals surface area (Å²) in [6.45, 7) is 4.94. The Hall–Kier alpha value is -1.55. The Bertz CT molecular complexity index is 491. The molecule has 2 unspecified atom stereocenters. The highest BCUT2D eigenvalue weighted by atomic mass is 16.5. The SMILES string of the molecule is COC(=O)c1c(N)cccc1COC1CC(C)CC(C)C1. The number of nitrogens with two attached hydrogens (primary N) is 1.